The molecule has 1 amide bonds. The van der Waals surface area contributed by atoms with E-state index in [-0.39, 0.29) is 11.5 Å². The Morgan fingerprint density at radius 3 is 2.74 bits per heavy atom. The Balaban J connectivity index is 2.18. The van der Waals surface area contributed by atoms with E-state index in [0.29, 0.717) is 18.7 Å². The van der Waals surface area contributed by atoms with Crippen molar-refractivity contribution >= 4 is 21.6 Å². The summed E-state index contributed by atoms with van der Waals surface area (Å²) in [5, 5.41) is 7.59. The minimum atomic E-state index is -3.80. The molecule has 1 saturated heterocycles. The van der Waals surface area contributed by atoms with Crippen LogP contribution >= 0.6 is 0 Å². The molecule has 1 aromatic rings. The summed E-state index contributed by atoms with van der Waals surface area (Å²) in [5.41, 5.74) is 5.15. The summed E-state index contributed by atoms with van der Waals surface area (Å²) in [6, 6.07) is 5.68. The average molecular weight is 285 g/mol. The minimum Gasteiger partial charge on any atom is -0.379 e. The monoisotopic (exact) mass is 285 g/mol. The van der Waals surface area contributed by atoms with Crippen molar-refractivity contribution in [3.63, 3.8) is 0 Å². The lowest BCUT2D eigenvalue weighted by molar-refractivity contribution is -0.121. The van der Waals surface area contributed by atoms with Crippen molar-refractivity contribution < 1.29 is 17.9 Å². The predicted octanol–water partition coefficient (Wildman–Crippen LogP) is -0.610. The number of ether oxygens (including phenoxy) is 1. The Hall–Kier alpha value is -1.48. The van der Waals surface area contributed by atoms with Crippen LogP contribution in [-0.2, 0) is 19.6 Å². The van der Waals surface area contributed by atoms with Gasteiger partial charge in [0.25, 0.3) is 0 Å². The van der Waals surface area contributed by atoms with Gasteiger partial charge in [-0.2, -0.15) is 0 Å². The highest BCUT2D eigenvalue weighted by Crippen LogP contribution is 2.19. The Labute approximate surface area is 111 Å². The number of hydrogen-bond acceptors (Lipinski definition) is 5. The summed E-state index contributed by atoms with van der Waals surface area (Å²) in [6.07, 6.45) is 0.424. The van der Waals surface area contributed by atoms with Gasteiger partial charge >= 0.3 is 0 Å². The van der Waals surface area contributed by atoms with E-state index in [1.807, 2.05) is 0 Å². The van der Waals surface area contributed by atoms with E-state index in [1.165, 1.54) is 18.2 Å². The number of anilines is 1. The number of carbonyl (C=O) groups excluding carboxylic acids is 1. The first kappa shape index (κ1) is 13.9. The highest BCUT2D eigenvalue weighted by molar-refractivity contribution is 7.89. The van der Waals surface area contributed by atoms with E-state index >= 15 is 0 Å². The molecule has 0 spiro atoms. The Kier molecular flexibility index (Phi) is 3.59. The van der Waals surface area contributed by atoms with Gasteiger partial charge in [-0.05, 0) is 24.6 Å². The fourth-order valence-corrected chi connectivity index (χ4v) is 2.33. The number of primary sulfonamides is 1. The molecule has 8 heteroatoms. The predicted molar refractivity (Wildman–Crippen MR) is 68.8 cm³/mol. The Bertz CT molecular complexity index is 594. The first-order valence-electron chi connectivity index (χ1n) is 5.62. The lowest BCUT2D eigenvalue weighted by Crippen LogP contribution is -2.51. The molecular weight excluding hydrogens is 270 g/mol. The van der Waals surface area contributed by atoms with Crippen LogP contribution in [0.4, 0.5) is 5.69 Å². The second kappa shape index (κ2) is 4.89. The van der Waals surface area contributed by atoms with Crippen LogP contribution in [0.5, 0.6) is 0 Å². The molecule has 1 aliphatic heterocycles. The summed E-state index contributed by atoms with van der Waals surface area (Å²) >= 11 is 0. The zero-order valence-electron chi connectivity index (χ0n) is 10.1. The maximum atomic E-state index is 12.0. The molecular formula is C11H15N3O4S. The normalized spacial score (nSPS) is 23.3. The van der Waals surface area contributed by atoms with Gasteiger partial charge in [0.2, 0.25) is 15.9 Å². The number of hydrogen-bond donors (Lipinski definition) is 3. The molecule has 0 saturated carbocycles. The Morgan fingerprint density at radius 1 is 1.42 bits per heavy atom. The lowest BCUT2D eigenvalue weighted by Gasteiger charge is -2.20. The minimum absolute atomic E-state index is 0.0703. The third-order valence-electron chi connectivity index (χ3n) is 2.92. The summed E-state index contributed by atoms with van der Waals surface area (Å²) in [7, 11) is -3.80. The zero-order chi connectivity index (χ0) is 14.1. The summed E-state index contributed by atoms with van der Waals surface area (Å²) in [4.78, 5) is 11.9. The second-order valence-corrected chi connectivity index (χ2v) is 6.05. The standard InChI is InChI=1S/C11H15N3O4S/c12-11(4-5-18-7-11)10(15)14-8-2-1-3-9(6-8)19(13,16)17/h1-3,6H,4-5,7,12H2,(H,14,15)(H2,13,16,17). The van der Waals surface area contributed by atoms with Gasteiger partial charge in [-0.15, -0.1) is 0 Å². The highest BCUT2D eigenvalue weighted by atomic mass is 32.2. The fourth-order valence-electron chi connectivity index (χ4n) is 1.77. The molecule has 1 atom stereocenters. The number of carbonyl (C=O) groups is 1. The number of amides is 1. The van der Waals surface area contributed by atoms with Gasteiger partial charge in [0.05, 0.1) is 11.5 Å². The maximum Gasteiger partial charge on any atom is 0.246 e. The van der Waals surface area contributed by atoms with Crippen LogP contribution in [0.2, 0.25) is 0 Å². The van der Waals surface area contributed by atoms with Gasteiger partial charge < -0.3 is 15.8 Å². The van der Waals surface area contributed by atoms with E-state index in [4.69, 9.17) is 15.6 Å². The van der Waals surface area contributed by atoms with E-state index in [1.54, 1.807) is 6.07 Å². The third kappa shape index (κ3) is 3.10. The van der Waals surface area contributed by atoms with Crippen LogP contribution in [0.15, 0.2) is 29.2 Å². The van der Waals surface area contributed by atoms with E-state index < -0.39 is 21.5 Å². The number of nitrogens with two attached hydrogens (primary N) is 2. The van der Waals surface area contributed by atoms with Crippen LogP contribution in [0, 0.1) is 0 Å². The van der Waals surface area contributed by atoms with Gasteiger partial charge in [0.1, 0.15) is 5.54 Å². The van der Waals surface area contributed by atoms with Gasteiger partial charge in [0.15, 0.2) is 0 Å². The molecule has 0 bridgehead atoms. The van der Waals surface area contributed by atoms with Crippen molar-refractivity contribution in [1.29, 1.82) is 0 Å². The summed E-state index contributed by atoms with van der Waals surface area (Å²) in [5.74, 6) is -0.406. The molecule has 0 aliphatic carbocycles. The van der Waals surface area contributed by atoms with Gasteiger partial charge in [0, 0.05) is 12.3 Å². The largest absolute Gasteiger partial charge is 0.379 e. The smallest absolute Gasteiger partial charge is 0.246 e. The fraction of sp³-hybridized carbons (Fsp3) is 0.364. The molecule has 5 N–H and O–H groups in total. The molecule has 1 fully saturated rings. The van der Waals surface area contributed by atoms with E-state index in [0.717, 1.165) is 0 Å². The van der Waals surface area contributed by atoms with Crippen molar-refractivity contribution in [3.8, 4) is 0 Å². The SMILES string of the molecule is NC1(C(=O)Nc2cccc(S(N)(=O)=O)c2)CCOC1. The summed E-state index contributed by atoms with van der Waals surface area (Å²) in [6.45, 7) is 0.578. The number of nitrogens with one attached hydrogen (secondary N) is 1. The average Bonchev–Trinajstić information content (AvgIpc) is 2.77. The molecule has 1 aromatic carbocycles. The number of benzene rings is 1. The van der Waals surface area contributed by atoms with Crippen molar-refractivity contribution in [2.24, 2.45) is 10.9 Å². The van der Waals surface area contributed by atoms with Gasteiger partial charge in [-0.25, -0.2) is 13.6 Å². The topological polar surface area (TPSA) is 125 Å². The van der Waals surface area contributed by atoms with Crippen LogP contribution in [0.3, 0.4) is 0 Å². The van der Waals surface area contributed by atoms with Crippen LogP contribution in [-0.4, -0.2) is 33.1 Å². The van der Waals surface area contributed by atoms with Crippen molar-refractivity contribution in [3.05, 3.63) is 24.3 Å². The number of rotatable bonds is 3. The molecule has 19 heavy (non-hydrogen) atoms. The van der Waals surface area contributed by atoms with E-state index in [9.17, 15) is 13.2 Å². The molecule has 0 radical (unpaired) electrons. The molecule has 1 heterocycles. The molecule has 1 unspecified atom stereocenters. The Morgan fingerprint density at radius 2 is 2.16 bits per heavy atom. The van der Waals surface area contributed by atoms with Gasteiger partial charge in [-0.1, -0.05) is 6.07 Å². The highest BCUT2D eigenvalue weighted by Gasteiger charge is 2.38. The quantitative estimate of drug-likeness (QED) is 0.683. The van der Waals surface area contributed by atoms with Crippen LogP contribution in [0.1, 0.15) is 6.42 Å². The van der Waals surface area contributed by atoms with E-state index in [2.05, 4.69) is 5.32 Å². The molecule has 0 aromatic heterocycles. The zero-order valence-corrected chi connectivity index (χ0v) is 10.9. The van der Waals surface area contributed by atoms with Crippen molar-refractivity contribution in [2.45, 2.75) is 16.9 Å². The summed E-state index contributed by atoms with van der Waals surface area (Å²) < 4.78 is 27.5. The second-order valence-electron chi connectivity index (χ2n) is 4.49. The lowest BCUT2D eigenvalue weighted by atomic mass is 9.99. The van der Waals surface area contributed by atoms with Gasteiger partial charge in [-0.3, -0.25) is 4.79 Å². The van der Waals surface area contributed by atoms with Crippen molar-refractivity contribution in [1.82, 2.24) is 0 Å². The van der Waals surface area contributed by atoms with Crippen molar-refractivity contribution in [2.75, 3.05) is 18.5 Å². The third-order valence-corrected chi connectivity index (χ3v) is 3.84. The van der Waals surface area contributed by atoms with Crippen LogP contribution in [0.25, 0.3) is 0 Å². The number of sulfonamides is 1. The first-order valence-corrected chi connectivity index (χ1v) is 7.17. The van der Waals surface area contributed by atoms with Crippen LogP contribution < -0.4 is 16.2 Å². The molecule has 104 valence electrons. The molecule has 1 aliphatic rings. The molecule has 7 nitrogen and oxygen atoms in total. The first-order chi connectivity index (χ1) is 8.81. The molecule has 2 rings (SSSR count). The maximum absolute atomic E-state index is 12.0.